The number of halogens is 3. The van der Waals surface area contributed by atoms with Crippen LogP contribution in [0.4, 0.5) is 13.2 Å². The first-order chi connectivity index (χ1) is 7.45. The molecule has 0 aliphatic rings. The van der Waals surface area contributed by atoms with Gasteiger partial charge < -0.3 is 5.73 Å². The van der Waals surface area contributed by atoms with Gasteiger partial charge in [0.05, 0.1) is 0 Å². The van der Waals surface area contributed by atoms with Gasteiger partial charge in [-0.2, -0.15) is 13.2 Å². The third-order valence-electron chi connectivity index (χ3n) is 2.30. The Bertz CT molecular complexity index is 369. The van der Waals surface area contributed by atoms with E-state index in [4.69, 9.17) is 5.73 Å². The van der Waals surface area contributed by atoms with Crippen molar-refractivity contribution in [1.82, 2.24) is 0 Å². The van der Waals surface area contributed by atoms with Crippen molar-refractivity contribution >= 4 is 6.08 Å². The maximum absolute atomic E-state index is 12.2. The van der Waals surface area contributed by atoms with Gasteiger partial charge in [-0.3, -0.25) is 0 Å². The van der Waals surface area contributed by atoms with E-state index in [2.05, 4.69) is 0 Å². The molecule has 1 nitrogen and oxygen atoms in total. The molecule has 4 heteroatoms. The molecule has 16 heavy (non-hydrogen) atoms. The van der Waals surface area contributed by atoms with Crippen LogP contribution in [0.2, 0.25) is 0 Å². The summed E-state index contributed by atoms with van der Waals surface area (Å²) in [5.41, 5.74) is 6.77. The van der Waals surface area contributed by atoms with Gasteiger partial charge in [0.15, 0.2) is 0 Å². The molecule has 0 aromatic heterocycles. The molecular weight excluding hydrogens is 215 g/mol. The summed E-state index contributed by atoms with van der Waals surface area (Å²) in [7, 11) is 0. The Morgan fingerprint density at radius 2 is 1.94 bits per heavy atom. The zero-order valence-electron chi connectivity index (χ0n) is 8.96. The summed E-state index contributed by atoms with van der Waals surface area (Å²) in [6, 6.07) is 5.41. The number of alkyl halides is 3. The van der Waals surface area contributed by atoms with Crippen molar-refractivity contribution in [3.63, 3.8) is 0 Å². The summed E-state index contributed by atoms with van der Waals surface area (Å²) in [5, 5.41) is 0. The number of hydrogen-bond acceptors (Lipinski definition) is 1. The normalized spacial score (nSPS) is 14.3. The molecule has 0 saturated carbocycles. The van der Waals surface area contributed by atoms with Crippen molar-refractivity contribution in [3.05, 3.63) is 41.5 Å². The van der Waals surface area contributed by atoms with Crippen molar-refractivity contribution in [1.29, 1.82) is 0 Å². The summed E-state index contributed by atoms with van der Waals surface area (Å²) < 4.78 is 36.5. The van der Waals surface area contributed by atoms with Gasteiger partial charge in [0.25, 0.3) is 0 Å². The van der Waals surface area contributed by atoms with Crippen molar-refractivity contribution in [2.45, 2.75) is 25.6 Å². The topological polar surface area (TPSA) is 26.0 Å². The van der Waals surface area contributed by atoms with Crippen LogP contribution in [0.1, 0.15) is 18.1 Å². The Morgan fingerprint density at radius 3 is 2.50 bits per heavy atom. The molecule has 2 N–H and O–H groups in total. The number of nitrogens with two attached hydrogens (primary N) is 1. The monoisotopic (exact) mass is 229 g/mol. The lowest BCUT2D eigenvalue weighted by Crippen LogP contribution is -2.35. The maximum Gasteiger partial charge on any atom is 0.407 e. The minimum Gasteiger partial charge on any atom is -0.317 e. The summed E-state index contributed by atoms with van der Waals surface area (Å²) in [6.07, 6.45) is -1.19. The van der Waals surface area contributed by atoms with Crippen LogP contribution in [0.3, 0.4) is 0 Å². The molecule has 0 bridgehead atoms. The Balaban J connectivity index is 2.84. The molecule has 0 aliphatic heterocycles. The lowest BCUT2D eigenvalue weighted by Gasteiger charge is -2.11. The lowest BCUT2D eigenvalue weighted by atomic mass is 10.0. The van der Waals surface area contributed by atoms with Gasteiger partial charge in [-0.25, -0.2) is 0 Å². The fourth-order valence-electron chi connectivity index (χ4n) is 1.34. The molecule has 0 fully saturated rings. The molecule has 1 aromatic carbocycles. The van der Waals surface area contributed by atoms with Gasteiger partial charge in [-0.15, -0.1) is 0 Å². The van der Waals surface area contributed by atoms with E-state index in [-0.39, 0.29) is 0 Å². The Labute approximate surface area is 92.8 Å². The van der Waals surface area contributed by atoms with E-state index in [1.165, 1.54) is 6.08 Å². The number of aryl methyl sites for hydroxylation is 1. The van der Waals surface area contributed by atoms with Gasteiger partial charge in [0, 0.05) is 0 Å². The van der Waals surface area contributed by atoms with Crippen LogP contribution in [0.5, 0.6) is 0 Å². The van der Waals surface area contributed by atoms with E-state index in [0.29, 0.717) is 0 Å². The van der Waals surface area contributed by atoms with Gasteiger partial charge in [0.1, 0.15) is 6.04 Å². The van der Waals surface area contributed by atoms with Crippen LogP contribution in [-0.4, -0.2) is 12.2 Å². The molecular formula is C12H14F3N. The zero-order valence-corrected chi connectivity index (χ0v) is 8.96. The highest BCUT2D eigenvalue weighted by Crippen LogP contribution is 2.20. The van der Waals surface area contributed by atoms with Crippen molar-refractivity contribution in [2.24, 2.45) is 5.73 Å². The number of rotatable bonds is 3. The van der Waals surface area contributed by atoms with E-state index in [0.717, 1.165) is 23.6 Å². The third-order valence-corrected chi connectivity index (χ3v) is 2.30. The zero-order chi connectivity index (χ0) is 12.2. The smallest absolute Gasteiger partial charge is 0.317 e. The average Bonchev–Trinajstić information content (AvgIpc) is 2.24. The van der Waals surface area contributed by atoms with E-state index >= 15 is 0 Å². The second-order valence-corrected chi connectivity index (χ2v) is 3.48. The molecule has 0 saturated heterocycles. The summed E-state index contributed by atoms with van der Waals surface area (Å²) in [5.74, 6) is 0. The van der Waals surface area contributed by atoms with Crippen LogP contribution >= 0.6 is 0 Å². The lowest BCUT2D eigenvalue weighted by molar-refractivity contribution is -0.136. The van der Waals surface area contributed by atoms with E-state index < -0.39 is 12.2 Å². The molecule has 1 aromatic rings. The molecule has 1 atom stereocenters. The molecule has 0 spiro atoms. The van der Waals surface area contributed by atoms with Crippen molar-refractivity contribution in [3.8, 4) is 0 Å². The standard InChI is InChI=1S/C12H14F3N/c1-2-9-5-3-4-6-10(9)7-8-11(16)12(13,14)15/h3-8,11H,2,16H2,1H3/t11-/m0/s1. The SMILES string of the molecule is CCc1ccccc1C=C[C@H](N)C(F)(F)F. The van der Waals surface area contributed by atoms with Crippen LogP contribution in [0.25, 0.3) is 6.08 Å². The minimum atomic E-state index is -4.38. The summed E-state index contributed by atoms with van der Waals surface area (Å²) in [6.45, 7) is 1.95. The molecule has 0 amide bonds. The fourth-order valence-corrected chi connectivity index (χ4v) is 1.34. The van der Waals surface area contributed by atoms with Gasteiger partial charge in [-0.1, -0.05) is 43.3 Å². The molecule has 0 aliphatic carbocycles. The highest BCUT2D eigenvalue weighted by Gasteiger charge is 2.34. The minimum absolute atomic E-state index is 0.780. The van der Waals surface area contributed by atoms with Crippen LogP contribution in [0, 0.1) is 0 Å². The number of hydrogen-bond donors (Lipinski definition) is 1. The van der Waals surface area contributed by atoms with Gasteiger partial charge in [0.2, 0.25) is 0 Å². The molecule has 88 valence electrons. The van der Waals surface area contributed by atoms with E-state index in [1.807, 2.05) is 19.1 Å². The largest absolute Gasteiger partial charge is 0.407 e. The predicted octanol–water partition coefficient (Wildman–Crippen LogP) is 3.15. The third kappa shape index (κ3) is 3.38. The highest BCUT2D eigenvalue weighted by molar-refractivity contribution is 5.54. The Hall–Kier alpha value is -1.29. The second-order valence-electron chi connectivity index (χ2n) is 3.48. The maximum atomic E-state index is 12.2. The van der Waals surface area contributed by atoms with Gasteiger partial charge >= 0.3 is 6.18 Å². The second kappa shape index (κ2) is 5.16. The number of benzene rings is 1. The summed E-state index contributed by atoms with van der Waals surface area (Å²) in [4.78, 5) is 0. The van der Waals surface area contributed by atoms with Gasteiger partial charge in [-0.05, 0) is 17.5 Å². The Morgan fingerprint density at radius 1 is 1.31 bits per heavy atom. The molecule has 1 rings (SSSR count). The molecule has 0 unspecified atom stereocenters. The molecule has 0 heterocycles. The predicted molar refractivity (Wildman–Crippen MR) is 58.9 cm³/mol. The van der Waals surface area contributed by atoms with Crippen molar-refractivity contribution < 1.29 is 13.2 Å². The summed E-state index contributed by atoms with van der Waals surface area (Å²) >= 11 is 0. The van der Waals surface area contributed by atoms with E-state index in [9.17, 15) is 13.2 Å². The quantitative estimate of drug-likeness (QED) is 0.846. The Kier molecular flexibility index (Phi) is 4.12. The molecule has 0 radical (unpaired) electrons. The first kappa shape index (κ1) is 12.8. The van der Waals surface area contributed by atoms with E-state index in [1.54, 1.807) is 12.1 Å². The first-order valence-corrected chi connectivity index (χ1v) is 5.03. The fraction of sp³-hybridized carbons (Fsp3) is 0.333. The van der Waals surface area contributed by atoms with Crippen LogP contribution < -0.4 is 5.73 Å². The highest BCUT2D eigenvalue weighted by atomic mass is 19.4. The van der Waals surface area contributed by atoms with Crippen LogP contribution in [0.15, 0.2) is 30.3 Å². The van der Waals surface area contributed by atoms with Crippen molar-refractivity contribution in [2.75, 3.05) is 0 Å². The van der Waals surface area contributed by atoms with Crippen LogP contribution in [-0.2, 0) is 6.42 Å². The average molecular weight is 229 g/mol. The first-order valence-electron chi connectivity index (χ1n) is 5.03.